The van der Waals surface area contributed by atoms with Gasteiger partial charge < -0.3 is 19.7 Å². The van der Waals surface area contributed by atoms with Crippen LogP contribution in [-0.2, 0) is 0 Å². The lowest BCUT2D eigenvalue weighted by atomic mass is 10.0. The van der Waals surface area contributed by atoms with Gasteiger partial charge in [0, 0.05) is 18.3 Å². The molecule has 3 aromatic rings. The Morgan fingerprint density at radius 2 is 1.94 bits per heavy atom. The fraction of sp³-hybridized carbons (Fsp3) is 0.227. The molecule has 2 aromatic carbocycles. The van der Waals surface area contributed by atoms with Crippen molar-refractivity contribution in [3.63, 3.8) is 0 Å². The van der Waals surface area contributed by atoms with E-state index in [2.05, 4.69) is 15.5 Å². The maximum absolute atomic E-state index is 13.2. The highest BCUT2D eigenvalue weighted by atomic mass is 35.5. The maximum Gasteiger partial charge on any atom is 0.258 e. The summed E-state index contributed by atoms with van der Waals surface area (Å²) in [6.45, 7) is 0.410. The van der Waals surface area contributed by atoms with Gasteiger partial charge in [0.05, 0.1) is 36.5 Å². The topological polar surface area (TPSA) is 96.5 Å². The van der Waals surface area contributed by atoms with Crippen LogP contribution in [0.25, 0.3) is 0 Å². The predicted molar refractivity (Wildman–Crippen MR) is 116 cm³/mol. The van der Waals surface area contributed by atoms with Crippen molar-refractivity contribution in [1.82, 2.24) is 15.5 Å². The predicted octanol–water partition coefficient (Wildman–Crippen LogP) is 3.60. The summed E-state index contributed by atoms with van der Waals surface area (Å²) >= 11 is 6.14. The number of aromatic nitrogens is 2. The molecule has 0 saturated heterocycles. The normalized spacial score (nSPS) is 15.2. The number of carbonyl (C=O) groups is 2. The summed E-state index contributed by atoms with van der Waals surface area (Å²) in [5.41, 5.74) is 2.07. The number of fused-ring (bicyclic) bond motifs is 1. The Morgan fingerprint density at radius 3 is 2.68 bits per heavy atom. The Morgan fingerprint density at radius 1 is 1.16 bits per heavy atom. The molecule has 31 heavy (non-hydrogen) atoms. The summed E-state index contributed by atoms with van der Waals surface area (Å²) in [4.78, 5) is 27.5. The van der Waals surface area contributed by atoms with E-state index in [0.29, 0.717) is 52.0 Å². The molecule has 9 heteroatoms. The number of benzene rings is 2. The number of halogens is 1. The van der Waals surface area contributed by atoms with Crippen LogP contribution in [0.4, 0.5) is 5.69 Å². The second-order valence-electron chi connectivity index (χ2n) is 6.98. The first-order valence-corrected chi connectivity index (χ1v) is 10.0. The van der Waals surface area contributed by atoms with Gasteiger partial charge in [-0.3, -0.25) is 14.7 Å². The number of aromatic amines is 1. The van der Waals surface area contributed by atoms with Gasteiger partial charge in [-0.1, -0.05) is 23.7 Å². The summed E-state index contributed by atoms with van der Waals surface area (Å²) in [7, 11) is 3.06. The van der Waals surface area contributed by atoms with Crippen molar-refractivity contribution < 1.29 is 19.1 Å². The molecule has 2 heterocycles. The number of nitrogens with zero attached hydrogens (tertiary/aromatic N) is 2. The molecule has 8 nitrogen and oxygen atoms in total. The minimum absolute atomic E-state index is 0.195. The standard InChI is InChI=1S/C22H21ClN4O4/c1-30-18-8-7-13(11-19(18)31-2)22(29)27-10-9-16(20-17(27)12-24-26-20)25-21(28)14-5-3-4-6-15(14)23/h3-8,11-12,16H,9-10H2,1-2H3,(H,24,26)(H,25,28). The molecule has 0 bridgehead atoms. The number of ether oxygens (including phenoxy) is 2. The Kier molecular flexibility index (Phi) is 5.81. The van der Waals surface area contributed by atoms with E-state index in [1.54, 1.807) is 60.7 Å². The van der Waals surface area contributed by atoms with E-state index in [9.17, 15) is 9.59 Å². The summed E-state index contributed by atoms with van der Waals surface area (Å²) < 4.78 is 10.6. The van der Waals surface area contributed by atoms with Crippen molar-refractivity contribution in [2.45, 2.75) is 12.5 Å². The SMILES string of the molecule is COc1ccc(C(=O)N2CCC(NC(=O)c3ccccc3Cl)c3n[nH]cc32)cc1OC. The van der Waals surface area contributed by atoms with Crippen LogP contribution in [0.5, 0.6) is 11.5 Å². The fourth-order valence-corrected chi connectivity index (χ4v) is 3.86. The van der Waals surface area contributed by atoms with Crippen LogP contribution in [-0.4, -0.2) is 42.8 Å². The molecule has 160 valence electrons. The third-order valence-electron chi connectivity index (χ3n) is 5.21. The first-order valence-electron chi connectivity index (χ1n) is 9.66. The molecule has 0 spiro atoms. The number of amides is 2. The zero-order chi connectivity index (χ0) is 22.0. The highest BCUT2D eigenvalue weighted by Crippen LogP contribution is 2.35. The number of anilines is 1. The van der Waals surface area contributed by atoms with Gasteiger partial charge in [-0.2, -0.15) is 5.10 Å². The maximum atomic E-state index is 13.2. The van der Waals surface area contributed by atoms with Crippen molar-refractivity contribution >= 4 is 29.1 Å². The molecule has 0 fully saturated rings. The van der Waals surface area contributed by atoms with E-state index in [1.807, 2.05) is 0 Å². The molecule has 0 aliphatic carbocycles. The van der Waals surface area contributed by atoms with Gasteiger partial charge in [-0.25, -0.2) is 0 Å². The highest BCUT2D eigenvalue weighted by molar-refractivity contribution is 6.33. The number of methoxy groups -OCH3 is 2. The van der Waals surface area contributed by atoms with Gasteiger partial charge >= 0.3 is 0 Å². The number of hydrogen-bond donors (Lipinski definition) is 2. The van der Waals surface area contributed by atoms with Crippen molar-refractivity contribution in [3.05, 3.63) is 70.5 Å². The average molecular weight is 441 g/mol. The van der Waals surface area contributed by atoms with Crippen LogP contribution in [0.3, 0.4) is 0 Å². The van der Waals surface area contributed by atoms with Crippen LogP contribution in [0.15, 0.2) is 48.7 Å². The second kappa shape index (κ2) is 8.69. The van der Waals surface area contributed by atoms with Gasteiger partial charge in [-0.15, -0.1) is 0 Å². The van der Waals surface area contributed by atoms with Gasteiger partial charge in [0.25, 0.3) is 11.8 Å². The van der Waals surface area contributed by atoms with Crippen LogP contribution in [0, 0.1) is 0 Å². The van der Waals surface area contributed by atoms with Crippen LogP contribution < -0.4 is 19.7 Å². The molecule has 1 atom stereocenters. The van der Waals surface area contributed by atoms with Gasteiger partial charge in [0.15, 0.2) is 11.5 Å². The van der Waals surface area contributed by atoms with E-state index in [1.165, 1.54) is 7.11 Å². The largest absolute Gasteiger partial charge is 0.493 e. The van der Waals surface area contributed by atoms with Gasteiger partial charge in [-0.05, 0) is 36.8 Å². The monoisotopic (exact) mass is 440 g/mol. The first kappa shape index (κ1) is 20.7. The minimum Gasteiger partial charge on any atom is -0.493 e. The lowest BCUT2D eigenvalue weighted by Crippen LogP contribution is -2.41. The van der Waals surface area contributed by atoms with Gasteiger partial charge in [0.1, 0.15) is 5.69 Å². The Labute approximate surface area is 184 Å². The summed E-state index contributed by atoms with van der Waals surface area (Å²) in [6.07, 6.45) is 2.16. The van der Waals surface area contributed by atoms with E-state index < -0.39 is 0 Å². The number of hydrogen-bond acceptors (Lipinski definition) is 5. The molecular formula is C22H21ClN4O4. The van der Waals surface area contributed by atoms with E-state index in [4.69, 9.17) is 21.1 Å². The minimum atomic E-state index is -0.348. The average Bonchev–Trinajstić information content (AvgIpc) is 3.29. The third kappa shape index (κ3) is 3.94. The highest BCUT2D eigenvalue weighted by Gasteiger charge is 2.33. The number of nitrogens with one attached hydrogen (secondary N) is 2. The van der Waals surface area contributed by atoms with Gasteiger partial charge in [0.2, 0.25) is 0 Å². The molecule has 0 radical (unpaired) electrons. The van der Waals surface area contributed by atoms with Crippen LogP contribution >= 0.6 is 11.6 Å². The van der Waals surface area contributed by atoms with Crippen molar-refractivity contribution in [3.8, 4) is 11.5 Å². The quantitative estimate of drug-likeness (QED) is 0.631. The van der Waals surface area contributed by atoms with Crippen LogP contribution in [0.1, 0.15) is 38.9 Å². The zero-order valence-corrected chi connectivity index (χ0v) is 17.8. The zero-order valence-electron chi connectivity index (χ0n) is 17.0. The molecular weight excluding hydrogens is 420 g/mol. The Balaban J connectivity index is 1.56. The fourth-order valence-electron chi connectivity index (χ4n) is 3.64. The molecule has 1 unspecified atom stereocenters. The van der Waals surface area contributed by atoms with E-state index >= 15 is 0 Å². The number of carbonyl (C=O) groups excluding carboxylic acids is 2. The smallest absolute Gasteiger partial charge is 0.258 e. The van der Waals surface area contributed by atoms with E-state index in [-0.39, 0.29) is 17.9 Å². The number of H-pyrrole nitrogens is 1. The number of rotatable bonds is 5. The summed E-state index contributed by atoms with van der Waals surface area (Å²) in [6, 6.07) is 11.5. The Hall–Kier alpha value is -3.52. The first-order chi connectivity index (χ1) is 15.0. The molecule has 1 aliphatic heterocycles. The molecule has 0 saturated carbocycles. The Bertz CT molecular complexity index is 1130. The summed E-state index contributed by atoms with van der Waals surface area (Å²) in [5, 5.41) is 10.4. The van der Waals surface area contributed by atoms with Crippen molar-refractivity contribution in [2.24, 2.45) is 0 Å². The third-order valence-corrected chi connectivity index (χ3v) is 5.54. The van der Waals surface area contributed by atoms with Crippen LogP contribution in [0.2, 0.25) is 5.02 Å². The lowest BCUT2D eigenvalue weighted by molar-refractivity contribution is 0.0932. The van der Waals surface area contributed by atoms with E-state index in [0.717, 1.165) is 0 Å². The van der Waals surface area contributed by atoms with Crippen molar-refractivity contribution in [2.75, 3.05) is 25.7 Å². The molecule has 4 rings (SSSR count). The van der Waals surface area contributed by atoms with Crippen molar-refractivity contribution in [1.29, 1.82) is 0 Å². The molecule has 1 aromatic heterocycles. The summed E-state index contributed by atoms with van der Waals surface area (Å²) in [5.74, 6) is 0.537. The second-order valence-corrected chi connectivity index (χ2v) is 7.38. The lowest BCUT2D eigenvalue weighted by Gasteiger charge is -2.31. The molecule has 1 aliphatic rings. The molecule has 2 amide bonds. The molecule has 2 N–H and O–H groups in total.